The predicted molar refractivity (Wildman–Crippen MR) is 115 cm³/mol. The highest BCUT2D eigenvalue weighted by molar-refractivity contribution is 6.32. The third-order valence-corrected chi connectivity index (χ3v) is 5.26. The van der Waals surface area contributed by atoms with E-state index >= 15 is 0 Å². The van der Waals surface area contributed by atoms with Gasteiger partial charge in [-0.25, -0.2) is 0 Å². The van der Waals surface area contributed by atoms with Crippen molar-refractivity contribution in [2.24, 2.45) is 4.99 Å². The summed E-state index contributed by atoms with van der Waals surface area (Å²) in [7, 11) is 0. The molecular weight excluding hydrogens is 370 g/mol. The fourth-order valence-corrected chi connectivity index (χ4v) is 3.40. The van der Waals surface area contributed by atoms with Gasteiger partial charge in [-0.15, -0.1) is 0 Å². The molecule has 1 amide bonds. The van der Waals surface area contributed by atoms with Gasteiger partial charge in [0.1, 0.15) is 0 Å². The van der Waals surface area contributed by atoms with Gasteiger partial charge in [0.2, 0.25) is 5.91 Å². The number of rotatable bonds is 3. The summed E-state index contributed by atoms with van der Waals surface area (Å²) >= 11 is 6.20. The first-order chi connectivity index (χ1) is 13.5. The van der Waals surface area contributed by atoms with Crippen molar-refractivity contribution in [1.82, 2.24) is 4.98 Å². The number of anilines is 1. The predicted octanol–water partition coefficient (Wildman–Crippen LogP) is 5.74. The number of hydrogen-bond acceptors (Lipinski definition) is 3. The summed E-state index contributed by atoms with van der Waals surface area (Å²) < 4.78 is 0. The first-order valence-electron chi connectivity index (χ1n) is 9.27. The van der Waals surface area contributed by atoms with Crippen molar-refractivity contribution < 1.29 is 4.79 Å². The van der Waals surface area contributed by atoms with Crippen LogP contribution in [0.25, 0.3) is 11.1 Å². The summed E-state index contributed by atoms with van der Waals surface area (Å²) in [4.78, 5) is 21.7. The number of fused-ring (bicyclic) bond motifs is 1. The molecule has 4 nitrogen and oxygen atoms in total. The fraction of sp³-hybridized carbons (Fsp3) is 0.174. The van der Waals surface area contributed by atoms with Gasteiger partial charge in [0.05, 0.1) is 23.5 Å². The smallest absolute Gasteiger partial charge is 0.230 e. The number of aliphatic imine (C=N–C) groups is 1. The molecule has 140 valence electrons. The van der Waals surface area contributed by atoms with Gasteiger partial charge in [0, 0.05) is 22.5 Å². The Kier molecular flexibility index (Phi) is 4.97. The lowest BCUT2D eigenvalue weighted by Gasteiger charge is -2.08. The maximum Gasteiger partial charge on any atom is 0.230 e. The third-order valence-electron chi connectivity index (χ3n) is 4.85. The number of nitrogens with zero attached hydrogens (tertiary/aromatic N) is 2. The summed E-state index contributed by atoms with van der Waals surface area (Å²) in [6.07, 6.45) is 3.01. The van der Waals surface area contributed by atoms with E-state index < -0.39 is 0 Å². The van der Waals surface area contributed by atoms with Gasteiger partial charge in [-0.1, -0.05) is 42.8 Å². The van der Waals surface area contributed by atoms with Crippen molar-refractivity contribution in [2.75, 3.05) is 5.32 Å². The van der Waals surface area contributed by atoms with Gasteiger partial charge in [0.25, 0.3) is 0 Å². The molecule has 2 heterocycles. The molecule has 0 bridgehead atoms. The normalized spacial score (nSPS) is 13.4. The van der Waals surface area contributed by atoms with Crippen molar-refractivity contribution in [3.63, 3.8) is 0 Å². The standard InChI is InChI=1S/C23H20ClN3O/c1-3-18-8-7-17(13-25-18)15-5-4-6-16(10-15)20-12-23(28)27-22-11-19(24)14(2)9-21(22)26-20/h4-11,13H,3,12H2,1-2H3,(H,27,28). The van der Waals surface area contributed by atoms with Crippen LogP contribution in [0.4, 0.5) is 11.4 Å². The minimum Gasteiger partial charge on any atom is -0.324 e. The van der Waals surface area contributed by atoms with Gasteiger partial charge in [-0.05, 0) is 54.3 Å². The minimum atomic E-state index is -0.100. The molecule has 0 saturated carbocycles. The molecular formula is C23H20ClN3O. The minimum absolute atomic E-state index is 0.100. The van der Waals surface area contributed by atoms with Crippen molar-refractivity contribution in [3.8, 4) is 11.1 Å². The van der Waals surface area contributed by atoms with Crippen molar-refractivity contribution in [1.29, 1.82) is 0 Å². The lowest BCUT2D eigenvalue weighted by Crippen LogP contribution is -2.15. The summed E-state index contributed by atoms with van der Waals surface area (Å²) in [5.41, 5.74) is 7.11. The molecule has 1 N–H and O–H groups in total. The van der Waals surface area contributed by atoms with E-state index in [1.54, 1.807) is 6.07 Å². The number of benzene rings is 2. The molecule has 0 aliphatic carbocycles. The highest BCUT2D eigenvalue weighted by Gasteiger charge is 2.18. The van der Waals surface area contributed by atoms with E-state index in [0.29, 0.717) is 10.7 Å². The van der Waals surface area contributed by atoms with Crippen molar-refractivity contribution >= 4 is 34.6 Å². The van der Waals surface area contributed by atoms with Crippen LogP contribution in [0.3, 0.4) is 0 Å². The lowest BCUT2D eigenvalue weighted by atomic mass is 10.0. The van der Waals surface area contributed by atoms with Crippen LogP contribution in [-0.4, -0.2) is 16.6 Å². The maximum absolute atomic E-state index is 12.4. The van der Waals surface area contributed by atoms with E-state index in [1.165, 1.54) is 0 Å². The van der Waals surface area contributed by atoms with E-state index in [1.807, 2.05) is 43.5 Å². The van der Waals surface area contributed by atoms with Crippen LogP contribution in [0.1, 0.15) is 30.2 Å². The zero-order chi connectivity index (χ0) is 19.7. The average molecular weight is 390 g/mol. The van der Waals surface area contributed by atoms with Gasteiger partial charge in [0.15, 0.2) is 0 Å². The number of pyridine rings is 1. The highest BCUT2D eigenvalue weighted by atomic mass is 35.5. The van der Waals surface area contributed by atoms with Crippen LogP contribution >= 0.6 is 11.6 Å². The molecule has 4 rings (SSSR count). The Morgan fingerprint density at radius 2 is 1.89 bits per heavy atom. The number of amides is 1. The molecule has 0 radical (unpaired) electrons. The second-order valence-electron chi connectivity index (χ2n) is 6.87. The maximum atomic E-state index is 12.4. The Morgan fingerprint density at radius 3 is 2.64 bits per heavy atom. The molecule has 1 aromatic heterocycles. The van der Waals surface area contributed by atoms with Crippen LogP contribution in [-0.2, 0) is 11.2 Å². The largest absolute Gasteiger partial charge is 0.324 e. The highest BCUT2D eigenvalue weighted by Crippen LogP contribution is 2.34. The van der Waals surface area contributed by atoms with Crippen molar-refractivity contribution in [2.45, 2.75) is 26.7 Å². The molecule has 28 heavy (non-hydrogen) atoms. The topological polar surface area (TPSA) is 54.4 Å². The second kappa shape index (κ2) is 7.56. The summed E-state index contributed by atoms with van der Waals surface area (Å²) in [6.45, 7) is 4.02. The van der Waals surface area contributed by atoms with E-state index in [0.717, 1.165) is 45.8 Å². The summed E-state index contributed by atoms with van der Waals surface area (Å²) in [6, 6.07) is 15.8. The zero-order valence-electron chi connectivity index (χ0n) is 15.8. The number of carbonyl (C=O) groups is 1. The number of carbonyl (C=O) groups excluding carboxylic acids is 1. The Bertz CT molecular complexity index is 1090. The molecule has 0 unspecified atom stereocenters. The lowest BCUT2D eigenvalue weighted by molar-refractivity contribution is -0.115. The van der Waals surface area contributed by atoms with Crippen LogP contribution in [0, 0.1) is 6.92 Å². The zero-order valence-corrected chi connectivity index (χ0v) is 16.5. The Balaban J connectivity index is 1.76. The molecule has 5 heteroatoms. The molecule has 0 saturated heterocycles. The Hall–Kier alpha value is -2.98. The first kappa shape index (κ1) is 18.4. The van der Waals surface area contributed by atoms with Crippen LogP contribution in [0.5, 0.6) is 0 Å². The van der Waals surface area contributed by atoms with E-state index in [2.05, 4.69) is 29.4 Å². The van der Waals surface area contributed by atoms with Crippen molar-refractivity contribution in [3.05, 3.63) is 76.6 Å². The van der Waals surface area contributed by atoms with Gasteiger partial charge in [-0.2, -0.15) is 0 Å². The molecule has 3 aromatic rings. The first-order valence-corrected chi connectivity index (χ1v) is 9.64. The van der Waals surface area contributed by atoms with Crippen LogP contribution in [0.2, 0.25) is 5.02 Å². The fourth-order valence-electron chi connectivity index (χ4n) is 3.24. The quantitative estimate of drug-likeness (QED) is 0.621. The van der Waals surface area contributed by atoms with Gasteiger partial charge >= 0.3 is 0 Å². The number of aromatic nitrogens is 1. The van der Waals surface area contributed by atoms with Gasteiger partial charge in [-0.3, -0.25) is 14.8 Å². The monoisotopic (exact) mass is 389 g/mol. The molecule has 2 aromatic carbocycles. The number of hydrogen-bond donors (Lipinski definition) is 1. The molecule has 0 spiro atoms. The Labute approximate surface area is 169 Å². The summed E-state index contributed by atoms with van der Waals surface area (Å²) in [5, 5.41) is 3.51. The Morgan fingerprint density at radius 1 is 1.07 bits per heavy atom. The van der Waals surface area contributed by atoms with E-state index in [9.17, 15) is 4.79 Å². The van der Waals surface area contributed by atoms with Crippen LogP contribution < -0.4 is 5.32 Å². The molecule has 0 fully saturated rings. The average Bonchev–Trinajstić information content (AvgIpc) is 2.86. The van der Waals surface area contributed by atoms with E-state index in [-0.39, 0.29) is 12.3 Å². The molecule has 0 atom stereocenters. The van der Waals surface area contributed by atoms with E-state index in [4.69, 9.17) is 16.6 Å². The number of nitrogens with one attached hydrogen (secondary N) is 1. The van der Waals surface area contributed by atoms with Gasteiger partial charge < -0.3 is 5.32 Å². The SMILES string of the molecule is CCc1ccc(-c2cccc(C3=Nc4cc(C)c(Cl)cc4NC(=O)C3)c2)cn1. The van der Waals surface area contributed by atoms with Crippen LogP contribution in [0.15, 0.2) is 59.7 Å². The molecule has 1 aliphatic heterocycles. The summed E-state index contributed by atoms with van der Waals surface area (Å²) in [5.74, 6) is -0.100. The molecule has 1 aliphatic rings. The number of aryl methyl sites for hydroxylation is 2. The number of halogens is 1. The second-order valence-corrected chi connectivity index (χ2v) is 7.28. The third kappa shape index (κ3) is 3.69.